The van der Waals surface area contributed by atoms with E-state index < -0.39 is 17.3 Å². The van der Waals surface area contributed by atoms with Crippen LogP contribution in [-0.2, 0) is 4.79 Å². The second-order valence-corrected chi connectivity index (χ2v) is 7.09. The molecule has 0 fully saturated rings. The normalized spacial score (nSPS) is 23.4. The van der Waals surface area contributed by atoms with Crippen LogP contribution in [0, 0.1) is 45.3 Å². The van der Waals surface area contributed by atoms with Crippen molar-refractivity contribution in [1.29, 1.82) is 15.8 Å². The van der Waals surface area contributed by atoms with Gasteiger partial charge in [0.25, 0.3) is 0 Å². The number of halogens is 1. The Balaban J connectivity index is 2.32. The summed E-state index contributed by atoms with van der Waals surface area (Å²) in [6.45, 7) is 2.11. The van der Waals surface area contributed by atoms with Gasteiger partial charge in [-0.15, -0.1) is 0 Å². The quantitative estimate of drug-likeness (QED) is 0.806. The molecule has 7 heteroatoms. The van der Waals surface area contributed by atoms with Gasteiger partial charge in [-0.3, -0.25) is 4.79 Å². The summed E-state index contributed by atoms with van der Waals surface area (Å²) >= 11 is 6.15. The summed E-state index contributed by atoms with van der Waals surface area (Å²) in [4.78, 5) is 13.6. The maximum atomic E-state index is 11.9. The third-order valence-corrected chi connectivity index (χ3v) is 5.55. The van der Waals surface area contributed by atoms with Crippen molar-refractivity contribution < 1.29 is 4.79 Å². The number of nitrogens with zero attached hydrogens (tertiary/aromatic N) is 4. The standard InChI is InChI=1S/C20H16ClN5O/c1-12(27)26-6-5-15-16(8-22)19(25)20(10-23,11-24)18(17(15)9-26)13-3-2-4-14(21)7-13/h2-5,7,17-18H,6,9,25H2,1H3/t17-,18-/m0/s1. The Morgan fingerprint density at radius 2 is 2.04 bits per heavy atom. The molecule has 1 aromatic carbocycles. The first kappa shape index (κ1) is 18.5. The van der Waals surface area contributed by atoms with Gasteiger partial charge in [0, 0.05) is 36.9 Å². The number of fused-ring (bicyclic) bond motifs is 1. The van der Waals surface area contributed by atoms with Gasteiger partial charge in [0.2, 0.25) is 5.91 Å². The lowest BCUT2D eigenvalue weighted by molar-refractivity contribution is -0.129. The highest BCUT2D eigenvalue weighted by atomic mass is 35.5. The topological polar surface area (TPSA) is 118 Å². The maximum Gasteiger partial charge on any atom is 0.219 e. The zero-order valence-electron chi connectivity index (χ0n) is 14.6. The second kappa shape index (κ2) is 6.80. The molecule has 1 aromatic rings. The number of hydrogen-bond acceptors (Lipinski definition) is 5. The van der Waals surface area contributed by atoms with Crippen LogP contribution in [0.2, 0.25) is 5.02 Å². The highest BCUT2D eigenvalue weighted by molar-refractivity contribution is 6.30. The molecule has 0 bridgehead atoms. The molecule has 1 heterocycles. The molecule has 2 N–H and O–H groups in total. The van der Waals surface area contributed by atoms with Crippen molar-refractivity contribution in [3.63, 3.8) is 0 Å². The average molecular weight is 378 g/mol. The molecule has 0 aromatic heterocycles. The third kappa shape index (κ3) is 2.74. The maximum absolute atomic E-state index is 11.9. The van der Waals surface area contributed by atoms with Gasteiger partial charge in [0.1, 0.15) is 6.07 Å². The van der Waals surface area contributed by atoms with Gasteiger partial charge in [-0.1, -0.05) is 29.8 Å². The summed E-state index contributed by atoms with van der Waals surface area (Å²) in [7, 11) is 0. The Morgan fingerprint density at radius 1 is 1.33 bits per heavy atom. The lowest BCUT2D eigenvalue weighted by atomic mass is 9.58. The second-order valence-electron chi connectivity index (χ2n) is 6.65. The van der Waals surface area contributed by atoms with E-state index in [-0.39, 0.29) is 17.2 Å². The summed E-state index contributed by atoms with van der Waals surface area (Å²) in [6.07, 6.45) is 1.79. The number of carbonyl (C=O) groups is 1. The van der Waals surface area contributed by atoms with Crippen LogP contribution in [0.1, 0.15) is 18.4 Å². The fourth-order valence-corrected chi connectivity index (χ4v) is 4.21. The monoisotopic (exact) mass is 377 g/mol. The Hall–Kier alpha value is -3.27. The molecule has 0 saturated heterocycles. The van der Waals surface area contributed by atoms with Crippen molar-refractivity contribution in [3.8, 4) is 18.2 Å². The van der Waals surface area contributed by atoms with Crippen molar-refractivity contribution in [1.82, 2.24) is 4.90 Å². The summed E-state index contributed by atoms with van der Waals surface area (Å²) in [5.41, 5.74) is 5.96. The first-order valence-electron chi connectivity index (χ1n) is 8.33. The lowest BCUT2D eigenvalue weighted by Crippen LogP contribution is -2.48. The Kier molecular flexibility index (Phi) is 4.66. The van der Waals surface area contributed by atoms with Gasteiger partial charge in [0.15, 0.2) is 5.41 Å². The molecule has 2 aliphatic rings. The lowest BCUT2D eigenvalue weighted by Gasteiger charge is -2.45. The first-order chi connectivity index (χ1) is 12.9. The molecule has 1 amide bonds. The molecule has 0 unspecified atom stereocenters. The summed E-state index contributed by atoms with van der Waals surface area (Å²) in [5, 5.41) is 30.0. The van der Waals surface area contributed by atoms with E-state index in [9.17, 15) is 20.6 Å². The van der Waals surface area contributed by atoms with E-state index in [1.165, 1.54) is 6.92 Å². The summed E-state index contributed by atoms with van der Waals surface area (Å²) < 4.78 is 0. The summed E-state index contributed by atoms with van der Waals surface area (Å²) in [6, 6.07) is 13.1. The zero-order chi connectivity index (χ0) is 19.8. The van der Waals surface area contributed by atoms with E-state index in [1.807, 2.05) is 0 Å². The van der Waals surface area contributed by atoms with E-state index in [0.717, 1.165) is 0 Å². The summed E-state index contributed by atoms with van der Waals surface area (Å²) in [5.74, 6) is -1.19. The van der Waals surface area contributed by atoms with Gasteiger partial charge in [-0.05, 0) is 23.3 Å². The molecule has 0 spiro atoms. The molecular formula is C20H16ClN5O. The number of amides is 1. The van der Waals surface area contributed by atoms with E-state index in [0.29, 0.717) is 29.2 Å². The van der Waals surface area contributed by atoms with Crippen LogP contribution in [0.3, 0.4) is 0 Å². The van der Waals surface area contributed by atoms with Crippen molar-refractivity contribution >= 4 is 17.5 Å². The van der Waals surface area contributed by atoms with Gasteiger partial charge < -0.3 is 10.6 Å². The molecular weight excluding hydrogens is 362 g/mol. The smallest absolute Gasteiger partial charge is 0.219 e. The predicted octanol–water partition coefficient (Wildman–Crippen LogP) is 2.61. The molecule has 1 aliphatic carbocycles. The van der Waals surface area contributed by atoms with Crippen LogP contribution < -0.4 is 5.73 Å². The van der Waals surface area contributed by atoms with E-state index in [4.69, 9.17) is 17.3 Å². The van der Waals surface area contributed by atoms with Gasteiger partial charge in [-0.25, -0.2) is 0 Å². The Morgan fingerprint density at radius 3 is 2.59 bits per heavy atom. The number of allylic oxidation sites excluding steroid dienone is 2. The number of hydrogen-bond donors (Lipinski definition) is 1. The number of benzene rings is 1. The molecule has 1 aliphatic heterocycles. The van der Waals surface area contributed by atoms with Crippen LogP contribution in [0.15, 0.2) is 47.2 Å². The highest BCUT2D eigenvalue weighted by Crippen LogP contribution is 2.54. The zero-order valence-corrected chi connectivity index (χ0v) is 15.4. The number of carbonyl (C=O) groups excluding carboxylic acids is 1. The number of nitriles is 3. The van der Waals surface area contributed by atoms with E-state index >= 15 is 0 Å². The predicted molar refractivity (Wildman–Crippen MR) is 98.5 cm³/mol. The van der Waals surface area contributed by atoms with Crippen molar-refractivity contribution in [2.75, 3.05) is 13.1 Å². The van der Waals surface area contributed by atoms with Crippen LogP contribution >= 0.6 is 11.6 Å². The van der Waals surface area contributed by atoms with Crippen LogP contribution in [0.25, 0.3) is 0 Å². The molecule has 0 saturated carbocycles. The number of nitrogens with two attached hydrogens (primary N) is 1. The third-order valence-electron chi connectivity index (χ3n) is 5.32. The van der Waals surface area contributed by atoms with Crippen molar-refractivity contribution in [3.05, 3.63) is 57.8 Å². The average Bonchev–Trinajstić information content (AvgIpc) is 2.66. The van der Waals surface area contributed by atoms with Gasteiger partial charge in [-0.2, -0.15) is 15.8 Å². The molecule has 134 valence electrons. The molecule has 6 nitrogen and oxygen atoms in total. The van der Waals surface area contributed by atoms with Crippen LogP contribution in [0.5, 0.6) is 0 Å². The minimum atomic E-state index is -1.72. The SMILES string of the molecule is CC(=O)N1CC=C2C(C#N)=C(N)C(C#N)(C#N)[C@@H](c3cccc(Cl)c3)[C@H]2C1. The van der Waals surface area contributed by atoms with Gasteiger partial charge in [0.05, 0.1) is 23.4 Å². The molecule has 3 rings (SSSR count). The van der Waals surface area contributed by atoms with E-state index in [1.54, 1.807) is 35.2 Å². The van der Waals surface area contributed by atoms with E-state index in [2.05, 4.69) is 18.2 Å². The molecule has 0 radical (unpaired) electrons. The number of rotatable bonds is 1. The Bertz CT molecular complexity index is 990. The Labute approximate surface area is 162 Å². The first-order valence-corrected chi connectivity index (χ1v) is 8.71. The fourth-order valence-electron chi connectivity index (χ4n) is 4.01. The van der Waals surface area contributed by atoms with Crippen molar-refractivity contribution in [2.45, 2.75) is 12.8 Å². The molecule has 27 heavy (non-hydrogen) atoms. The minimum absolute atomic E-state index is 0.0428. The van der Waals surface area contributed by atoms with Crippen molar-refractivity contribution in [2.24, 2.45) is 17.1 Å². The minimum Gasteiger partial charge on any atom is -0.399 e. The van der Waals surface area contributed by atoms with Crippen LogP contribution in [0.4, 0.5) is 0 Å². The molecule has 2 atom stereocenters. The highest BCUT2D eigenvalue weighted by Gasteiger charge is 2.54. The fraction of sp³-hybridized carbons (Fsp3) is 0.300. The largest absolute Gasteiger partial charge is 0.399 e. The van der Waals surface area contributed by atoms with Crippen LogP contribution in [-0.4, -0.2) is 23.9 Å². The van der Waals surface area contributed by atoms with Gasteiger partial charge >= 0.3 is 0 Å².